The monoisotopic (exact) mass is 282 g/mol. The van der Waals surface area contributed by atoms with Crippen molar-refractivity contribution in [1.82, 2.24) is 4.90 Å². The number of hydrogen-bond donors (Lipinski definition) is 1. The van der Waals surface area contributed by atoms with Gasteiger partial charge in [-0.1, -0.05) is 19.3 Å². The molecule has 1 atom stereocenters. The van der Waals surface area contributed by atoms with Crippen LogP contribution < -0.4 is 5.73 Å². The molecule has 1 amide bonds. The maximum Gasteiger partial charge on any atom is 0.222 e. The average molecular weight is 282 g/mol. The maximum atomic E-state index is 12.5. The van der Waals surface area contributed by atoms with Crippen LogP contribution in [0.15, 0.2) is 0 Å². The van der Waals surface area contributed by atoms with Crippen molar-refractivity contribution < 1.29 is 9.53 Å². The van der Waals surface area contributed by atoms with Gasteiger partial charge in [0.15, 0.2) is 0 Å². The van der Waals surface area contributed by atoms with E-state index in [2.05, 4.69) is 4.90 Å². The summed E-state index contributed by atoms with van der Waals surface area (Å²) in [6, 6.07) is 0.465. The van der Waals surface area contributed by atoms with Crippen LogP contribution >= 0.6 is 0 Å². The van der Waals surface area contributed by atoms with Crippen LogP contribution in [-0.2, 0) is 9.53 Å². The summed E-state index contributed by atoms with van der Waals surface area (Å²) < 4.78 is 5.62. The molecule has 2 fully saturated rings. The minimum absolute atomic E-state index is 0.320. The van der Waals surface area contributed by atoms with Crippen LogP contribution in [0.5, 0.6) is 0 Å². The Morgan fingerprint density at radius 1 is 1.15 bits per heavy atom. The minimum Gasteiger partial charge on any atom is -0.378 e. The lowest BCUT2D eigenvalue weighted by molar-refractivity contribution is -0.134. The summed E-state index contributed by atoms with van der Waals surface area (Å²) in [5.41, 5.74) is 5.62. The van der Waals surface area contributed by atoms with Gasteiger partial charge in [0.25, 0.3) is 0 Å². The molecule has 2 rings (SSSR count). The smallest absolute Gasteiger partial charge is 0.222 e. The first-order valence-electron chi connectivity index (χ1n) is 8.42. The quantitative estimate of drug-likeness (QED) is 0.780. The topological polar surface area (TPSA) is 55.6 Å². The summed E-state index contributed by atoms with van der Waals surface area (Å²) in [4.78, 5) is 14.7. The lowest BCUT2D eigenvalue weighted by Crippen LogP contribution is -2.42. The molecule has 1 saturated carbocycles. The Labute approximate surface area is 123 Å². The predicted octanol–water partition coefficient (Wildman–Crippen LogP) is 2.46. The summed E-state index contributed by atoms with van der Waals surface area (Å²) in [5.74, 6) is 0.320. The normalized spacial score (nSPS) is 23.9. The van der Waals surface area contributed by atoms with Gasteiger partial charge in [0.2, 0.25) is 5.91 Å². The first-order chi connectivity index (χ1) is 9.81. The van der Waals surface area contributed by atoms with E-state index < -0.39 is 0 Å². The van der Waals surface area contributed by atoms with Crippen LogP contribution in [0.2, 0.25) is 0 Å². The molecule has 1 heterocycles. The van der Waals surface area contributed by atoms with Crippen molar-refractivity contribution in [2.75, 3.05) is 19.7 Å². The van der Waals surface area contributed by atoms with Crippen LogP contribution in [0.25, 0.3) is 0 Å². The molecule has 1 saturated heterocycles. The molecule has 1 unspecified atom stereocenters. The molecule has 0 aromatic carbocycles. The number of carbonyl (C=O) groups excluding carboxylic acids is 1. The molecule has 0 radical (unpaired) electrons. The van der Waals surface area contributed by atoms with Crippen molar-refractivity contribution in [2.45, 2.75) is 76.4 Å². The van der Waals surface area contributed by atoms with E-state index in [1.165, 1.54) is 32.1 Å². The summed E-state index contributed by atoms with van der Waals surface area (Å²) in [7, 11) is 0. The third kappa shape index (κ3) is 4.74. The van der Waals surface area contributed by atoms with Crippen molar-refractivity contribution in [3.8, 4) is 0 Å². The van der Waals surface area contributed by atoms with Crippen LogP contribution in [-0.4, -0.2) is 42.6 Å². The fourth-order valence-electron chi connectivity index (χ4n) is 3.47. The second kappa shape index (κ2) is 8.63. The number of amides is 1. The van der Waals surface area contributed by atoms with Crippen LogP contribution in [0, 0.1) is 0 Å². The Morgan fingerprint density at radius 2 is 1.95 bits per heavy atom. The molecule has 2 N–H and O–H groups in total. The van der Waals surface area contributed by atoms with Gasteiger partial charge < -0.3 is 15.4 Å². The fourth-order valence-corrected chi connectivity index (χ4v) is 3.47. The molecule has 0 aromatic heterocycles. The minimum atomic E-state index is 0.320. The van der Waals surface area contributed by atoms with Crippen molar-refractivity contribution in [2.24, 2.45) is 5.73 Å². The van der Waals surface area contributed by atoms with E-state index in [0.717, 1.165) is 38.8 Å². The largest absolute Gasteiger partial charge is 0.378 e. The van der Waals surface area contributed by atoms with E-state index in [0.29, 0.717) is 31.0 Å². The van der Waals surface area contributed by atoms with E-state index in [1.807, 2.05) is 0 Å². The molecular formula is C16H30N2O2. The molecule has 4 heteroatoms. The Bertz CT molecular complexity index is 284. The fraction of sp³-hybridized carbons (Fsp3) is 0.938. The molecule has 2 aliphatic rings. The van der Waals surface area contributed by atoms with E-state index in [1.54, 1.807) is 0 Å². The molecule has 1 aliphatic heterocycles. The first kappa shape index (κ1) is 15.8. The highest BCUT2D eigenvalue weighted by Crippen LogP contribution is 2.24. The van der Waals surface area contributed by atoms with Gasteiger partial charge in [-0.05, 0) is 45.1 Å². The van der Waals surface area contributed by atoms with Gasteiger partial charge in [-0.2, -0.15) is 0 Å². The highest BCUT2D eigenvalue weighted by atomic mass is 16.5. The Kier molecular flexibility index (Phi) is 6.80. The Morgan fingerprint density at radius 3 is 2.60 bits per heavy atom. The molecular weight excluding hydrogens is 252 g/mol. The van der Waals surface area contributed by atoms with E-state index in [-0.39, 0.29) is 0 Å². The van der Waals surface area contributed by atoms with Gasteiger partial charge in [0, 0.05) is 25.6 Å². The third-order valence-corrected chi connectivity index (χ3v) is 4.64. The third-order valence-electron chi connectivity index (χ3n) is 4.64. The summed E-state index contributed by atoms with van der Waals surface area (Å²) in [5, 5.41) is 0. The molecule has 0 spiro atoms. The summed E-state index contributed by atoms with van der Waals surface area (Å²) in [6.07, 6.45) is 11.3. The van der Waals surface area contributed by atoms with Gasteiger partial charge in [-0.15, -0.1) is 0 Å². The van der Waals surface area contributed by atoms with Gasteiger partial charge in [-0.3, -0.25) is 4.79 Å². The average Bonchev–Trinajstić information content (AvgIpc) is 3.00. The lowest BCUT2D eigenvalue weighted by Gasteiger charge is -2.34. The molecule has 0 bridgehead atoms. The number of hydrogen-bond acceptors (Lipinski definition) is 3. The zero-order valence-electron chi connectivity index (χ0n) is 12.7. The van der Waals surface area contributed by atoms with Crippen molar-refractivity contribution in [1.29, 1.82) is 0 Å². The van der Waals surface area contributed by atoms with Gasteiger partial charge in [0.1, 0.15) is 0 Å². The number of carbonyl (C=O) groups is 1. The highest BCUT2D eigenvalue weighted by Gasteiger charge is 2.26. The number of nitrogens with zero attached hydrogens (tertiary/aromatic N) is 1. The summed E-state index contributed by atoms with van der Waals surface area (Å²) in [6.45, 7) is 2.38. The number of rotatable bonds is 7. The molecule has 4 nitrogen and oxygen atoms in total. The van der Waals surface area contributed by atoms with Gasteiger partial charge in [-0.25, -0.2) is 0 Å². The summed E-state index contributed by atoms with van der Waals surface area (Å²) >= 11 is 0. The van der Waals surface area contributed by atoms with E-state index in [4.69, 9.17) is 10.5 Å². The predicted molar refractivity (Wildman–Crippen MR) is 80.5 cm³/mol. The van der Waals surface area contributed by atoms with Crippen molar-refractivity contribution in [3.63, 3.8) is 0 Å². The van der Waals surface area contributed by atoms with E-state index in [9.17, 15) is 4.79 Å². The Hall–Kier alpha value is -0.610. The van der Waals surface area contributed by atoms with Crippen molar-refractivity contribution in [3.05, 3.63) is 0 Å². The molecule has 20 heavy (non-hydrogen) atoms. The standard InChI is InChI=1S/C16H30N2O2/c17-11-5-12-18(14-6-2-1-3-7-14)16(19)10-9-15-8-4-13-20-15/h14-15H,1-13,17H2. The van der Waals surface area contributed by atoms with E-state index >= 15 is 0 Å². The van der Waals surface area contributed by atoms with Crippen LogP contribution in [0.4, 0.5) is 0 Å². The maximum absolute atomic E-state index is 12.5. The SMILES string of the molecule is NCCCN(C(=O)CCC1CCCO1)C1CCCCC1. The van der Waals surface area contributed by atoms with Crippen LogP contribution in [0.3, 0.4) is 0 Å². The van der Waals surface area contributed by atoms with Crippen LogP contribution in [0.1, 0.15) is 64.2 Å². The number of ether oxygens (including phenoxy) is 1. The Balaban J connectivity index is 1.81. The van der Waals surface area contributed by atoms with Crippen molar-refractivity contribution >= 4 is 5.91 Å². The first-order valence-corrected chi connectivity index (χ1v) is 8.42. The lowest BCUT2D eigenvalue weighted by atomic mass is 9.93. The van der Waals surface area contributed by atoms with Gasteiger partial charge in [0.05, 0.1) is 6.10 Å². The molecule has 0 aromatic rings. The zero-order chi connectivity index (χ0) is 14.2. The second-order valence-electron chi connectivity index (χ2n) is 6.19. The second-order valence-corrected chi connectivity index (χ2v) is 6.19. The molecule has 116 valence electrons. The highest BCUT2D eigenvalue weighted by molar-refractivity contribution is 5.76. The van der Waals surface area contributed by atoms with Gasteiger partial charge >= 0.3 is 0 Å². The number of nitrogens with two attached hydrogens (primary N) is 1. The molecule has 1 aliphatic carbocycles. The zero-order valence-corrected chi connectivity index (χ0v) is 12.7.